The van der Waals surface area contributed by atoms with Crippen LogP contribution >= 0.6 is 0 Å². The Hall–Kier alpha value is -1.41. The minimum absolute atomic E-state index is 0.185. The Bertz CT molecular complexity index is 316. The number of hydrogen-bond donors (Lipinski definition) is 0. The first-order valence-corrected chi connectivity index (χ1v) is 4.34. The van der Waals surface area contributed by atoms with Crippen LogP contribution in [0.3, 0.4) is 0 Å². The first kappa shape index (κ1) is 10.7. The van der Waals surface area contributed by atoms with E-state index in [0.717, 1.165) is 5.56 Å². The van der Waals surface area contributed by atoms with Gasteiger partial charge in [0.2, 0.25) is 0 Å². The number of halogens is 1. The number of rotatable bonds is 5. The number of benzene rings is 1. The average molecular weight is 192 g/mol. The molecule has 0 radical (unpaired) electrons. The standard InChI is InChI=1S/C12H13FO/c1-10(11(2)13)8-14-9-12-6-4-3-5-7-12/h3-7H,1-2,8-9H2. The van der Waals surface area contributed by atoms with Crippen LogP contribution in [-0.4, -0.2) is 6.61 Å². The van der Waals surface area contributed by atoms with Crippen LogP contribution in [0, 0.1) is 0 Å². The lowest BCUT2D eigenvalue weighted by molar-refractivity contribution is 0.142. The second-order valence-electron chi connectivity index (χ2n) is 2.99. The molecule has 0 atom stereocenters. The highest BCUT2D eigenvalue weighted by molar-refractivity contribution is 5.19. The quantitative estimate of drug-likeness (QED) is 0.651. The number of ether oxygens (including phenoxy) is 1. The summed E-state index contributed by atoms with van der Waals surface area (Å²) in [6, 6.07) is 9.70. The van der Waals surface area contributed by atoms with Crippen molar-refractivity contribution >= 4 is 0 Å². The average Bonchev–Trinajstić information content (AvgIpc) is 2.19. The van der Waals surface area contributed by atoms with Gasteiger partial charge in [-0.15, -0.1) is 0 Å². The van der Waals surface area contributed by atoms with E-state index in [0.29, 0.717) is 12.2 Å². The molecule has 0 saturated heterocycles. The van der Waals surface area contributed by atoms with Gasteiger partial charge in [0.25, 0.3) is 0 Å². The van der Waals surface area contributed by atoms with Crippen molar-refractivity contribution in [2.24, 2.45) is 0 Å². The molecule has 0 aliphatic rings. The summed E-state index contributed by atoms with van der Waals surface area (Å²) in [6.45, 7) is 7.27. The van der Waals surface area contributed by atoms with Crippen LogP contribution in [0.15, 0.2) is 54.9 Å². The van der Waals surface area contributed by atoms with Crippen LogP contribution in [0.25, 0.3) is 0 Å². The molecule has 1 aromatic carbocycles. The molecule has 0 saturated carbocycles. The molecular weight excluding hydrogens is 179 g/mol. The molecule has 0 aromatic heterocycles. The molecular formula is C12H13FO. The topological polar surface area (TPSA) is 9.23 Å². The van der Waals surface area contributed by atoms with E-state index < -0.39 is 5.83 Å². The van der Waals surface area contributed by atoms with Crippen LogP contribution in [0.2, 0.25) is 0 Å². The molecule has 0 spiro atoms. The van der Waals surface area contributed by atoms with E-state index in [2.05, 4.69) is 13.2 Å². The van der Waals surface area contributed by atoms with Crippen molar-refractivity contribution in [1.82, 2.24) is 0 Å². The normalized spacial score (nSPS) is 9.79. The van der Waals surface area contributed by atoms with Crippen LogP contribution in [0.5, 0.6) is 0 Å². The fourth-order valence-corrected chi connectivity index (χ4v) is 0.945. The fraction of sp³-hybridized carbons (Fsp3) is 0.167. The smallest absolute Gasteiger partial charge is 0.120 e. The molecule has 0 aliphatic heterocycles. The van der Waals surface area contributed by atoms with E-state index >= 15 is 0 Å². The molecule has 0 fully saturated rings. The van der Waals surface area contributed by atoms with Crippen LogP contribution < -0.4 is 0 Å². The molecule has 0 unspecified atom stereocenters. The van der Waals surface area contributed by atoms with Crippen LogP contribution in [0.4, 0.5) is 4.39 Å². The lowest BCUT2D eigenvalue weighted by Gasteiger charge is -2.04. The number of hydrogen-bond acceptors (Lipinski definition) is 1. The first-order chi connectivity index (χ1) is 6.70. The largest absolute Gasteiger partial charge is 0.372 e. The molecule has 0 N–H and O–H groups in total. The Balaban J connectivity index is 2.29. The van der Waals surface area contributed by atoms with Gasteiger partial charge in [-0.1, -0.05) is 43.5 Å². The van der Waals surface area contributed by atoms with Crippen molar-refractivity contribution < 1.29 is 9.13 Å². The van der Waals surface area contributed by atoms with Crippen molar-refractivity contribution in [3.63, 3.8) is 0 Å². The second kappa shape index (κ2) is 5.35. The lowest BCUT2D eigenvalue weighted by atomic mass is 10.2. The van der Waals surface area contributed by atoms with Crippen molar-refractivity contribution in [1.29, 1.82) is 0 Å². The first-order valence-electron chi connectivity index (χ1n) is 4.34. The van der Waals surface area contributed by atoms with Gasteiger partial charge in [0.1, 0.15) is 5.83 Å². The maximum absolute atomic E-state index is 12.4. The predicted molar refractivity (Wildman–Crippen MR) is 55.5 cm³/mol. The predicted octanol–water partition coefficient (Wildman–Crippen LogP) is 3.24. The van der Waals surface area contributed by atoms with Gasteiger partial charge in [0.05, 0.1) is 13.2 Å². The third kappa shape index (κ3) is 3.54. The summed E-state index contributed by atoms with van der Waals surface area (Å²) < 4.78 is 17.7. The SMILES string of the molecule is C=C(F)C(=C)COCc1ccccc1. The summed E-state index contributed by atoms with van der Waals surface area (Å²) >= 11 is 0. The Labute approximate surface area is 83.5 Å². The molecule has 0 heterocycles. The molecule has 74 valence electrons. The minimum Gasteiger partial charge on any atom is -0.372 e. The zero-order chi connectivity index (χ0) is 10.4. The molecule has 0 aliphatic carbocycles. The summed E-state index contributed by atoms with van der Waals surface area (Å²) in [5.74, 6) is -0.516. The van der Waals surface area contributed by atoms with Gasteiger partial charge in [-0.25, -0.2) is 4.39 Å². The summed E-state index contributed by atoms with van der Waals surface area (Å²) in [6.07, 6.45) is 0. The van der Waals surface area contributed by atoms with E-state index in [1.54, 1.807) is 0 Å². The van der Waals surface area contributed by atoms with E-state index in [9.17, 15) is 4.39 Å². The van der Waals surface area contributed by atoms with Gasteiger partial charge in [-0.3, -0.25) is 0 Å². The zero-order valence-electron chi connectivity index (χ0n) is 8.00. The summed E-state index contributed by atoms with van der Waals surface area (Å²) in [5, 5.41) is 0. The molecule has 1 aromatic rings. The summed E-state index contributed by atoms with van der Waals surface area (Å²) in [5.41, 5.74) is 1.35. The zero-order valence-corrected chi connectivity index (χ0v) is 8.00. The van der Waals surface area contributed by atoms with Crippen molar-refractivity contribution in [2.75, 3.05) is 6.61 Å². The second-order valence-corrected chi connectivity index (χ2v) is 2.99. The van der Waals surface area contributed by atoms with Gasteiger partial charge in [0.15, 0.2) is 0 Å². The van der Waals surface area contributed by atoms with E-state index in [-0.39, 0.29) is 6.61 Å². The van der Waals surface area contributed by atoms with Crippen molar-refractivity contribution in [3.05, 3.63) is 60.5 Å². The molecule has 0 bridgehead atoms. The Morgan fingerprint density at radius 1 is 1.21 bits per heavy atom. The van der Waals surface area contributed by atoms with Crippen molar-refractivity contribution in [3.8, 4) is 0 Å². The Morgan fingerprint density at radius 3 is 2.43 bits per heavy atom. The minimum atomic E-state index is -0.516. The van der Waals surface area contributed by atoms with Gasteiger partial charge in [0, 0.05) is 5.57 Å². The molecule has 14 heavy (non-hydrogen) atoms. The van der Waals surface area contributed by atoms with E-state index in [1.807, 2.05) is 30.3 Å². The maximum atomic E-state index is 12.4. The molecule has 1 rings (SSSR count). The van der Waals surface area contributed by atoms with Gasteiger partial charge in [-0.2, -0.15) is 0 Å². The molecule has 2 heteroatoms. The Kier molecular flexibility index (Phi) is 4.08. The van der Waals surface area contributed by atoms with E-state index in [4.69, 9.17) is 4.74 Å². The lowest BCUT2D eigenvalue weighted by Crippen LogP contribution is -1.97. The molecule has 0 amide bonds. The highest BCUT2D eigenvalue weighted by Crippen LogP contribution is 2.08. The van der Waals surface area contributed by atoms with Gasteiger partial charge < -0.3 is 4.74 Å². The van der Waals surface area contributed by atoms with Crippen LogP contribution in [0.1, 0.15) is 5.56 Å². The van der Waals surface area contributed by atoms with Gasteiger partial charge >= 0.3 is 0 Å². The van der Waals surface area contributed by atoms with E-state index in [1.165, 1.54) is 0 Å². The van der Waals surface area contributed by atoms with Gasteiger partial charge in [-0.05, 0) is 5.56 Å². The highest BCUT2D eigenvalue weighted by atomic mass is 19.1. The van der Waals surface area contributed by atoms with Crippen molar-refractivity contribution in [2.45, 2.75) is 6.61 Å². The monoisotopic (exact) mass is 192 g/mol. The Morgan fingerprint density at radius 2 is 1.86 bits per heavy atom. The summed E-state index contributed by atoms with van der Waals surface area (Å²) in [4.78, 5) is 0. The highest BCUT2D eigenvalue weighted by Gasteiger charge is 1.98. The third-order valence-electron chi connectivity index (χ3n) is 1.77. The third-order valence-corrected chi connectivity index (χ3v) is 1.77. The molecule has 1 nitrogen and oxygen atoms in total. The summed E-state index contributed by atoms with van der Waals surface area (Å²) in [7, 11) is 0. The maximum Gasteiger partial charge on any atom is 0.120 e. The van der Waals surface area contributed by atoms with Crippen LogP contribution in [-0.2, 0) is 11.3 Å². The fourth-order valence-electron chi connectivity index (χ4n) is 0.945.